The number of phenols is 1. The van der Waals surface area contributed by atoms with Gasteiger partial charge in [0.1, 0.15) is 5.75 Å². The predicted octanol–water partition coefficient (Wildman–Crippen LogP) is 3.51. The number of aromatic nitrogens is 2. The lowest BCUT2D eigenvalue weighted by molar-refractivity contribution is 0.463. The fourth-order valence-corrected chi connectivity index (χ4v) is 3.06. The Morgan fingerprint density at radius 1 is 1.33 bits per heavy atom. The summed E-state index contributed by atoms with van der Waals surface area (Å²) in [6.45, 7) is 6.43. The van der Waals surface area contributed by atoms with Crippen LogP contribution in [0.25, 0.3) is 0 Å². The lowest BCUT2D eigenvalue weighted by atomic mass is 10.1. The maximum atomic E-state index is 9.92. The Bertz CT molecular complexity index is 633. The molecule has 0 spiro atoms. The fourth-order valence-electron chi connectivity index (χ4n) is 3.06. The average molecular weight is 285 g/mol. The van der Waals surface area contributed by atoms with Gasteiger partial charge < -0.3 is 10.4 Å². The zero-order valence-corrected chi connectivity index (χ0v) is 12.9. The highest BCUT2D eigenvalue weighted by Gasteiger charge is 2.26. The average Bonchev–Trinajstić information content (AvgIpc) is 3.07. The lowest BCUT2D eigenvalue weighted by Gasteiger charge is -2.19. The maximum Gasteiger partial charge on any atom is 0.119 e. The second-order valence-electron chi connectivity index (χ2n) is 6.17. The Balaban J connectivity index is 1.74. The van der Waals surface area contributed by atoms with Crippen molar-refractivity contribution in [3.8, 4) is 5.75 Å². The van der Waals surface area contributed by atoms with Gasteiger partial charge in [0, 0.05) is 29.9 Å². The molecule has 4 nitrogen and oxygen atoms in total. The molecule has 4 heteroatoms. The minimum absolute atomic E-state index is 0.246. The lowest BCUT2D eigenvalue weighted by Crippen LogP contribution is -2.22. The molecule has 0 saturated carbocycles. The molecule has 0 fully saturated rings. The van der Waals surface area contributed by atoms with E-state index in [0.29, 0.717) is 17.8 Å². The smallest absolute Gasteiger partial charge is 0.119 e. The second-order valence-corrected chi connectivity index (χ2v) is 6.17. The van der Waals surface area contributed by atoms with E-state index in [9.17, 15) is 5.11 Å². The van der Waals surface area contributed by atoms with Gasteiger partial charge in [-0.3, -0.25) is 4.68 Å². The van der Waals surface area contributed by atoms with Gasteiger partial charge in [-0.1, -0.05) is 12.1 Å². The van der Waals surface area contributed by atoms with Gasteiger partial charge in [-0.05, 0) is 50.8 Å². The van der Waals surface area contributed by atoms with Gasteiger partial charge in [0.25, 0.3) is 0 Å². The zero-order chi connectivity index (χ0) is 15.0. The van der Waals surface area contributed by atoms with Crippen molar-refractivity contribution in [3.05, 3.63) is 47.3 Å². The third-order valence-corrected chi connectivity index (χ3v) is 4.35. The molecule has 2 aromatic rings. The van der Waals surface area contributed by atoms with Gasteiger partial charge >= 0.3 is 0 Å². The maximum absolute atomic E-state index is 9.92. The molecule has 1 aliphatic rings. The third-order valence-electron chi connectivity index (χ3n) is 4.35. The molecule has 0 saturated heterocycles. The molecule has 1 aromatic heterocycles. The molecule has 112 valence electrons. The van der Waals surface area contributed by atoms with Crippen LogP contribution in [0.3, 0.4) is 0 Å². The summed E-state index contributed by atoms with van der Waals surface area (Å²) >= 11 is 0. The first-order valence-corrected chi connectivity index (χ1v) is 7.67. The van der Waals surface area contributed by atoms with Crippen LogP contribution >= 0.6 is 0 Å². The monoisotopic (exact) mass is 285 g/mol. The number of rotatable bonds is 4. The Morgan fingerprint density at radius 2 is 2.14 bits per heavy atom. The number of benzene rings is 1. The molecule has 0 amide bonds. The third kappa shape index (κ3) is 2.68. The van der Waals surface area contributed by atoms with Gasteiger partial charge in [0.15, 0.2) is 0 Å². The van der Waals surface area contributed by atoms with Gasteiger partial charge in [-0.2, -0.15) is 5.10 Å². The van der Waals surface area contributed by atoms with Crippen LogP contribution in [0, 0.1) is 0 Å². The van der Waals surface area contributed by atoms with Gasteiger partial charge in [-0.25, -0.2) is 0 Å². The summed E-state index contributed by atoms with van der Waals surface area (Å²) in [6, 6.07) is 6.76. The first kappa shape index (κ1) is 14.1. The molecule has 3 rings (SSSR count). The Morgan fingerprint density at radius 3 is 2.86 bits per heavy atom. The highest BCUT2D eigenvalue weighted by atomic mass is 16.3. The molecule has 21 heavy (non-hydrogen) atoms. The van der Waals surface area contributed by atoms with E-state index in [4.69, 9.17) is 0 Å². The highest BCUT2D eigenvalue weighted by molar-refractivity contribution is 5.44. The summed E-state index contributed by atoms with van der Waals surface area (Å²) in [7, 11) is 0. The topological polar surface area (TPSA) is 50.1 Å². The fraction of sp³-hybridized carbons (Fsp3) is 0.471. The van der Waals surface area contributed by atoms with Crippen LogP contribution in [0.4, 0.5) is 0 Å². The number of hydrogen-bond acceptors (Lipinski definition) is 3. The van der Waals surface area contributed by atoms with Crippen LogP contribution in [-0.2, 0) is 6.42 Å². The van der Waals surface area contributed by atoms with E-state index in [2.05, 4.69) is 43.4 Å². The summed E-state index contributed by atoms with van der Waals surface area (Å²) in [6.07, 6.45) is 6.03. The van der Waals surface area contributed by atoms with Crippen molar-refractivity contribution in [2.45, 2.75) is 51.7 Å². The van der Waals surface area contributed by atoms with Crippen molar-refractivity contribution in [3.63, 3.8) is 0 Å². The molecule has 0 radical (unpaired) electrons. The van der Waals surface area contributed by atoms with E-state index in [0.717, 1.165) is 18.4 Å². The Labute approximate surface area is 125 Å². The standard InChI is InChI=1S/C17H23N3O/c1-11(2)20-10-13(9-18-20)12(3)19-16-8-7-15-14(16)5-4-6-17(15)21/h4-6,9-12,16,19,21H,7-8H2,1-3H3. The van der Waals surface area contributed by atoms with Crippen LogP contribution in [0.1, 0.15) is 62.0 Å². The normalized spacial score (nSPS) is 19.0. The minimum atomic E-state index is 0.246. The van der Waals surface area contributed by atoms with Crippen LogP contribution < -0.4 is 5.32 Å². The predicted molar refractivity (Wildman–Crippen MR) is 83.3 cm³/mol. The largest absolute Gasteiger partial charge is 0.508 e. The zero-order valence-electron chi connectivity index (χ0n) is 12.9. The summed E-state index contributed by atoms with van der Waals surface area (Å²) in [5, 5.41) is 18.0. The summed E-state index contributed by atoms with van der Waals surface area (Å²) in [5.74, 6) is 0.428. The van der Waals surface area contributed by atoms with E-state index in [1.54, 1.807) is 6.07 Å². The van der Waals surface area contributed by atoms with E-state index in [1.165, 1.54) is 11.1 Å². The number of nitrogens with one attached hydrogen (secondary N) is 1. The number of nitrogens with zero attached hydrogens (tertiary/aromatic N) is 2. The number of phenolic OH excluding ortho intramolecular Hbond substituents is 1. The van der Waals surface area contributed by atoms with Crippen molar-refractivity contribution in [2.24, 2.45) is 0 Å². The first-order chi connectivity index (χ1) is 10.1. The second kappa shape index (κ2) is 5.53. The Hall–Kier alpha value is -1.81. The van der Waals surface area contributed by atoms with E-state index in [-0.39, 0.29) is 6.04 Å². The molecule has 1 heterocycles. The van der Waals surface area contributed by atoms with Gasteiger partial charge in [0.2, 0.25) is 0 Å². The SMILES string of the molecule is CC(NC1CCc2c(O)cccc21)c1cnn(C(C)C)c1. The molecule has 0 aliphatic heterocycles. The van der Waals surface area contributed by atoms with E-state index in [1.807, 2.05) is 16.9 Å². The van der Waals surface area contributed by atoms with Crippen LogP contribution in [0.2, 0.25) is 0 Å². The number of hydrogen-bond donors (Lipinski definition) is 2. The van der Waals surface area contributed by atoms with Crippen molar-refractivity contribution >= 4 is 0 Å². The van der Waals surface area contributed by atoms with E-state index < -0.39 is 0 Å². The summed E-state index contributed by atoms with van der Waals surface area (Å²) in [4.78, 5) is 0. The van der Waals surface area contributed by atoms with Crippen molar-refractivity contribution in [1.82, 2.24) is 15.1 Å². The van der Waals surface area contributed by atoms with Crippen molar-refractivity contribution in [1.29, 1.82) is 0 Å². The molecule has 1 aliphatic carbocycles. The minimum Gasteiger partial charge on any atom is -0.508 e. The molecule has 2 N–H and O–H groups in total. The first-order valence-electron chi connectivity index (χ1n) is 7.67. The number of fused-ring (bicyclic) bond motifs is 1. The molecular weight excluding hydrogens is 262 g/mol. The molecular formula is C17H23N3O. The Kier molecular flexibility index (Phi) is 3.72. The van der Waals surface area contributed by atoms with Crippen LogP contribution in [0.15, 0.2) is 30.6 Å². The quantitative estimate of drug-likeness (QED) is 0.904. The molecule has 2 atom stereocenters. The highest BCUT2D eigenvalue weighted by Crippen LogP contribution is 2.37. The van der Waals surface area contributed by atoms with Crippen molar-refractivity contribution in [2.75, 3.05) is 0 Å². The van der Waals surface area contributed by atoms with E-state index >= 15 is 0 Å². The van der Waals surface area contributed by atoms with Gasteiger partial charge in [-0.15, -0.1) is 0 Å². The molecule has 2 unspecified atom stereocenters. The van der Waals surface area contributed by atoms with Crippen LogP contribution in [-0.4, -0.2) is 14.9 Å². The number of aromatic hydroxyl groups is 1. The molecule has 1 aromatic carbocycles. The summed E-state index contributed by atoms with van der Waals surface area (Å²) in [5.41, 5.74) is 3.54. The summed E-state index contributed by atoms with van der Waals surface area (Å²) < 4.78 is 1.99. The molecule has 0 bridgehead atoms. The van der Waals surface area contributed by atoms with Gasteiger partial charge in [0.05, 0.1) is 6.20 Å². The van der Waals surface area contributed by atoms with Crippen LogP contribution in [0.5, 0.6) is 5.75 Å². The van der Waals surface area contributed by atoms with Crippen molar-refractivity contribution < 1.29 is 5.11 Å².